The van der Waals surface area contributed by atoms with Crippen molar-refractivity contribution in [3.8, 4) is 0 Å². The molecule has 1 spiro atoms. The lowest BCUT2D eigenvalue weighted by Crippen LogP contribution is -2.47. The number of piperidine rings is 1. The molecule has 1 atom stereocenters. The molecule has 2 aliphatic rings. The number of likely N-dealkylation sites (tertiary alicyclic amines) is 1. The molecule has 0 aliphatic carbocycles. The Morgan fingerprint density at radius 2 is 1.66 bits per heavy atom. The highest BCUT2D eigenvalue weighted by Gasteiger charge is 2.45. The zero-order chi connectivity index (χ0) is 30.7. The number of nitrogens with zero attached hydrogens (tertiary/aromatic N) is 3. The number of hydrogen-bond donors (Lipinski definition) is 2. The average Bonchev–Trinajstić information content (AvgIpc) is 3.49. The number of aromatic nitrogens is 2. The third-order valence-electron chi connectivity index (χ3n) is 6.44. The molecule has 4 heterocycles. The van der Waals surface area contributed by atoms with Crippen molar-refractivity contribution in [2.45, 2.75) is 63.7 Å². The molecule has 0 amide bonds. The van der Waals surface area contributed by atoms with Gasteiger partial charge >= 0.3 is 24.3 Å². The molecule has 2 N–H and O–H groups in total. The third kappa shape index (κ3) is 11.9. The van der Waals surface area contributed by atoms with E-state index in [-0.39, 0.29) is 5.60 Å². The molecule has 1 unspecified atom stereocenters. The number of carboxylic acid groups (broad SMARTS) is 2. The Labute approximate surface area is 236 Å². The van der Waals surface area contributed by atoms with Gasteiger partial charge in [0, 0.05) is 49.8 Å². The highest BCUT2D eigenvalue weighted by molar-refractivity contribution is 7.09. The molecule has 4 rings (SSSR count). The second-order valence-electron chi connectivity index (χ2n) is 9.36. The number of thiazole rings is 1. The molecule has 0 bridgehead atoms. The van der Waals surface area contributed by atoms with Gasteiger partial charge in [0.15, 0.2) is 0 Å². The van der Waals surface area contributed by atoms with Crippen LogP contribution in [0.4, 0.5) is 26.3 Å². The number of ether oxygens (including phenoxy) is 2. The number of carboxylic acids is 2. The van der Waals surface area contributed by atoms with E-state index in [0.29, 0.717) is 12.5 Å². The van der Waals surface area contributed by atoms with Crippen molar-refractivity contribution >= 4 is 23.3 Å². The van der Waals surface area contributed by atoms with Gasteiger partial charge in [-0.2, -0.15) is 26.3 Å². The lowest BCUT2D eigenvalue weighted by Gasteiger charge is -2.42. The minimum absolute atomic E-state index is 0.0787. The Morgan fingerprint density at radius 3 is 2.15 bits per heavy atom. The number of hydrogen-bond acceptors (Lipinski definition) is 8. The van der Waals surface area contributed by atoms with Crippen LogP contribution in [0.3, 0.4) is 0 Å². The van der Waals surface area contributed by atoms with Gasteiger partial charge in [0.25, 0.3) is 0 Å². The Morgan fingerprint density at radius 1 is 1.10 bits per heavy atom. The number of alkyl halides is 6. The maximum Gasteiger partial charge on any atom is 0.490 e. The molecule has 0 aromatic carbocycles. The van der Waals surface area contributed by atoms with Gasteiger partial charge in [-0.05, 0) is 56.2 Å². The number of pyridine rings is 1. The van der Waals surface area contributed by atoms with Crippen molar-refractivity contribution in [2.75, 3.05) is 26.3 Å². The van der Waals surface area contributed by atoms with E-state index in [1.165, 1.54) is 17.0 Å². The standard InChI is InChI=1S/C21H29N3O2S.2C2HF3O2/c1-17-16-27-20(23-17)14-24-10-6-21(7-11-24)19(5-13-26-21)4-12-25-15-18-2-8-22-9-3-18;2*3-2(4,5)1(6)7/h2-3,8-9,16,19H,4-7,10-15H2,1H3;2*(H,6,7). The molecule has 16 heteroatoms. The van der Waals surface area contributed by atoms with E-state index >= 15 is 0 Å². The van der Waals surface area contributed by atoms with Crippen molar-refractivity contribution in [2.24, 2.45) is 5.92 Å². The summed E-state index contributed by atoms with van der Waals surface area (Å²) >= 11 is 1.77. The second-order valence-corrected chi connectivity index (χ2v) is 10.3. The molecule has 2 fully saturated rings. The SMILES string of the molecule is Cc1csc(CN2CCC3(CC2)OCCC3CCOCc2ccncc2)n1.O=C(O)C(F)(F)F.O=C(O)C(F)(F)F. The minimum Gasteiger partial charge on any atom is -0.475 e. The third-order valence-corrected chi connectivity index (χ3v) is 7.39. The molecule has 41 heavy (non-hydrogen) atoms. The van der Waals surface area contributed by atoms with Crippen molar-refractivity contribution in [1.82, 2.24) is 14.9 Å². The Hall–Kier alpha value is -2.82. The number of aryl methyl sites for hydroxylation is 1. The Bertz CT molecular complexity index is 1070. The minimum atomic E-state index is -5.08. The van der Waals surface area contributed by atoms with Crippen molar-refractivity contribution in [3.05, 3.63) is 46.2 Å². The first-order valence-electron chi connectivity index (χ1n) is 12.5. The fourth-order valence-corrected chi connectivity index (χ4v) is 5.21. The van der Waals surface area contributed by atoms with Gasteiger partial charge in [-0.3, -0.25) is 9.88 Å². The summed E-state index contributed by atoms with van der Waals surface area (Å²) in [7, 11) is 0. The zero-order valence-corrected chi connectivity index (χ0v) is 22.9. The topological polar surface area (TPSA) is 122 Å². The summed E-state index contributed by atoms with van der Waals surface area (Å²) in [5, 5.41) is 17.6. The highest BCUT2D eigenvalue weighted by Crippen LogP contribution is 2.42. The van der Waals surface area contributed by atoms with E-state index in [1.807, 2.05) is 24.5 Å². The second kappa shape index (κ2) is 15.4. The lowest BCUT2D eigenvalue weighted by atomic mass is 9.78. The summed E-state index contributed by atoms with van der Waals surface area (Å²) in [6.45, 7) is 7.64. The fourth-order valence-electron chi connectivity index (χ4n) is 4.40. The summed E-state index contributed by atoms with van der Waals surface area (Å²) in [5.74, 6) is -4.89. The average molecular weight is 616 g/mol. The van der Waals surface area contributed by atoms with E-state index < -0.39 is 24.3 Å². The largest absolute Gasteiger partial charge is 0.490 e. The van der Waals surface area contributed by atoms with Crippen LogP contribution >= 0.6 is 11.3 Å². The van der Waals surface area contributed by atoms with E-state index in [1.54, 1.807) is 11.3 Å². The molecule has 2 aromatic heterocycles. The molecule has 230 valence electrons. The van der Waals surface area contributed by atoms with Gasteiger partial charge in [-0.15, -0.1) is 11.3 Å². The van der Waals surface area contributed by atoms with E-state index in [2.05, 4.69) is 27.2 Å². The van der Waals surface area contributed by atoms with Crippen molar-refractivity contribution in [1.29, 1.82) is 0 Å². The van der Waals surface area contributed by atoms with Gasteiger partial charge in [0.05, 0.1) is 18.8 Å². The Balaban J connectivity index is 0.000000349. The summed E-state index contributed by atoms with van der Waals surface area (Å²) in [6, 6.07) is 4.03. The molecule has 2 aliphatic heterocycles. The summed E-state index contributed by atoms with van der Waals surface area (Å²) < 4.78 is 75.7. The van der Waals surface area contributed by atoms with E-state index in [9.17, 15) is 26.3 Å². The number of aliphatic carboxylic acids is 2. The van der Waals surface area contributed by atoms with Crippen LogP contribution < -0.4 is 0 Å². The number of halogens is 6. The van der Waals surface area contributed by atoms with Crippen molar-refractivity contribution in [3.63, 3.8) is 0 Å². The number of rotatable bonds is 7. The molecule has 2 aromatic rings. The predicted octanol–water partition coefficient (Wildman–Crippen LogP) is 5.09. The lowest BCUT2D eigenvalue weighted by molar-refractivity contribution is -0.193. The molecular weight excluding hydrogens is 584 g/mol. The van der Waals surface area contributed by atoms with Crippen LogP contribution in [0.15, 0.2) is 29.9 Å². The first-order chi connectivity index (χ1) is 19.1. The van der Waals surface area contributed by atoms with Crippen LogP contribution in [0.2, 0.25) is 0 Å². The molecule has 0 saturated carbocycles. The Kier molecular flexibility index (Phi) is 12.9. The quantitative estimate of drug-likeness (QED) is 0.324. The monoisotopic (exact) mass is 615 g/mol. The molecule has 0 radical (unpaired) electrons. The fraction of sp³-hybridized carbons (Fsp3) is 0.600. The van der Waals surface area contributed by atoms with Crippen molar-refractivity contribution < 1.29 is 55.6 Å². The van der Waals surface area contributed by atoms with Gasteiger partial charge in [-0.1, -0.05) is 0 Å². The van der Waals surface area contributed by atoms with Crippen LogP contribution in [-0.4, -0.2) is 81.3 Å². The van der Waals surface area contributed by atoms with Gasteiger partial charge < -0.3 is 19.7 Å². The van der Waals surface area contributed by atoms with Crippen LogP contribution in [0.25, 0.3) is 0 Å². The first kappa shape index (κ1) is 34.4. The predicted molar refractivity (Wildman–Crippen MR) is 134 cm³/mol. The maximum absolute atomic E-state index is 10.6. The smallest absolute Gasteiger partial charge is 0.475 e. The zero-order valence-electron chi connectivity index (χ0n) is 22.1. The summed E-state index contributed by atoms with van der Waals surface area (Å²) in [4.78, 5) is 29.0. The van der Waals surface area contributed by atoms with E-state index in [4.69, 9.17) is 29.3 Å². The molecule has 9 nitrogen and oxygen atoms in total. The maximum atomic E-state index is 10.6. The van der Waals surface area contributed by atoms with Gasteiger partial charge in [-0.25, -0.2) is 14.6 Å². The summed E-state index contributed by atoms with van der Waals surface area (Å²) in [5.41, 5.74) is 2.40. The van der Waals surface area contributed by atoms with Gasteiger partial charge in [0.1, 0.15) is 5.01 Å². The van der Waals surface area contributed by atoms with Gasteiger partial charge in [0.2, 0.25) is 0 Å². The van der Waals surface area contributed by atoms with Crippen LogP contribution in [0.1, 0.15) is 41.9 Å². The normalized spacial score (nSPS) is 18.7. The van der Waals surface area contributed by atoms with Crippen LogP contribution in [-0.2, 0) is 32.2 Å². The van der Waals surface area contributed by atoms with Crippen LogP contribution in [0.5, 0.6) is 0 Å². The first-order valence-corrected chi connectivity index (χ1v) is 13.3. The van der Waals surface area contributed by atoms with Crippen LogP contribution in [0, 0.1) is 12.8 Å². The molecular formula is C25H31F6N3O6S. The van der Waals surface area contributed by atoms with E-state index in [0.717, 1.165) is 57.8 Å². The summed E-state index contributed by atoms with van der Waals surface area (Å²) in [6.07, 6.45) is -2.00. The molecule has 2 saturated heterocycles. The number of carbonyl (C=O) groups is 2. The highest BCUT2D eigenvalue weighted by atomic mass is 32.1.